The van der Waals surface area contributed by atoms with Crippen LogP contribution in [0.15, 0.2) is 0 Å². The summed E-state index contributed by atoms with van der Waals surface area (Å²) in [5, 5.41) is 0. The Labute approximate surface area is 64.8 Å². The van der Waals surface area contributed by atoms with E-state index in [1.165, 1.54) is 6.42 Å². The molecule has 1 aliphatic rings. The van der Waals surface area contributed by atoms with Gasteiger partial charge in [0.1, 0.15) is 0 Å². The molecule has 0 aliphatic carbocycles. The van der Waals surface area contributed by atoms with Crippen LogP contribution in [0.1, 0.15) is 41.0 Å². The van der Waals surface area contributed by atoms with Gasteiger partial charge in [-0.1, -0.05) is 20.8 Å². The van der Waals surface area contributed by atoms with Crippen LogP contribution in [0, 0.1) is 5.92 Å². The molecule has 1 heteroatoms. The predicted molar refractivity (Wildman–Crippen MR) is 45.2 cm³/mol. The first-order valence-electron chi connectivity index (χ1n) is 4.27. The molecular formula is C9H20O. The number of rotatable bonds is 0. The molecule has 0 spiro atoms. The van der Waals surface area contributed by atoms with E-state index in [4.69, 9.17) is 4.74 Å². The van der Waals surface area contributed by atoms with E-state index in [9.17, 15) is 0 Å². The smallest absolute Gasteiger partial charge is 0.0652 e. The van der Waals surface area contributed by atoms with Crippen LogP contribution in [-0.4, -0.2) is 12.2 Å². The van der Waals surface area contributed by atoms with Crippen molar-refractivity contribution in [3.05, 3.63) is 0 Å². The largest absolute Gasteiger partial charge is 0.375 e. The van der Waals surface area contributed by atoms with Gasteiger partial charge in [0, 0.05) is 6.61 Å². The number of ether oxygens (including phenoxy) is 1. The summed E-state index contributed by atoms with van der Waals surface area (Å²) >= 11 is 0. The number of hydrogen-bond acceptors (Lipinski definition) is 1. The van der Waals surface area contributed by atoms with Crippen molar-refractivity contribution in [3.63, 3.8) is 0 Å². The van der Waals surface area contributed by atoms with Crippen molar-refractivity contribution >= 4 is 0 Å². The monoisotopic (exact) mass is 144 g/mol. The minimum Gasteiger partial charge on any atom is -0.375 e. The molecule has 1 rings (SSSR count). The van der Waals surface area contributed by atoms with Gasteiger partial charge in [-0.05, 0) is 26.2 Å². The van der Waals surface area contributed by atoms with Gasteiger partial charge < -0.3 is 4.74 Å². The molecule has 10 heavy (non-hydrogen) atoms. The molecule has 1 heterocycles. The fourth-order valence-corrected chi connectivity index (χ4v) is 0.989. The van der Waals surface area contributed by atoms with E-state index in [1.807, 2.05) is 13.8 Å². The molecule has 0 N–H and O–H groups in total. The van der Waals surface area contributed by atoms with Gasteiger partial charge in [0.15, 0.2) is 0 Å². The summed E-state index contributed by atoms with van der Waals surface area (Å²) in [7, 11) is 0. The van der Waals surface area contributed by atoms with Crippen LogP contribution in [0.3, 0.4) is 0 Å². The van der Waals surface area contributed by atoms with Gasteiger partial charge in [-0.3, -0.25) is 0 Å². The highest BCUT2D eigenvalue weighted by atomic mass is 16.5. The average molecular weight is 144 g/mol. The number of hydrogen-bond donors (Lipinski definition) is 0. The first kappa shape index (κ1) is 9.96. The second-order valence-corrected chi connectivity index (χ2v) is 3.14. The second-order valence-electron chi connectivity index (χ2n) is 3.14. The minimum absolute atomic E-state index is 0.153. The lowest BCUT2D eigenvalue weighted by Crippen LogP contribution is -2.24. The SMILES string of the molecule is CC.C[C@@H]1CCOC1(C)C. The zero-order valence-corrected chi connectivity index (χ0v) is 7.90. The molecular weight excluding hydrogens is 124 g/mol. The normalized spacial score (nSPS) is 29.1. The van der Waals surface area contributed by atoms with Crippen LogP contribution in [0.25, 0.3) is 0 Å². The lowest BCUT2D eigenvalue weighted by Gasteiger charge is -2.21. The van der Waals surface area contributed by atoms with E-state index in [-0.39, 0.29) is 5.60 Å². The topological polar surface area (TPSA) is 9.23 Å². The van der Waals surface area contributed by atoms with E-state index in [0.717, 1.165) is 12.5 Å². The third kappa shape index (κ3) is 2.30. The molecule has 0 aromatic rings. The van der Waals surface area contributed by atoms with Crippen LogP contribution < -0.4 is 0 Å². The highest BCUT2D eigenvalue weighted by Gasteiger charge is 2.31. The molecule has 62 valence electrons. The first-order valence-corrected chi connectivity index (χ1v) is 4.27. The molecule has 0 amide bonds. The van der Waals surface area contributed by atoms with Crippen LogP contribution in [0.2, 0.25) is 0 Å². The van der Waals surface area contributed by atoms with E-state index >= 15 is 0 Å². The Hall–Kier alpha value is -0.0400. The molecule has 1 aliphatic heterocycles. The fourth-order valence-electron chi connectivity index (χ4n) is 0.989. The highest BCUT2D eigenvalue weighted by molar-refractivity contribution is 4.80. The van der Waals surface area contributed by atoms with Crippen LogP contribution in [0.5, 0.6) is 0 Å². The Balaban J connectivity index is 0.000000371. The van der Waals surface area contributed by atoms with Crippen LogP contribution >= 0.6 is 0 Å². The van der Waals surface area contributed by atoms with Gasteiger partial charge in [0.05, 0.1) is 5.60 Å². The molecule has 1 fully saturated rings. The third-order valence-electron chi connectivity index (χ3n) is 2.21. The van der Waals surface area contributed by atoms with E-state index in [0.29, 0.717) is 0 Å². The molecule has 0 aromatic heterocycles. The molecule has 0 radical (unpaired) electrons. The Kier molecular flexibility index (Phi) is 3.95. The zero-order valence-electron chi connectivity index (χ0n) is 7.90. The molecule has 1 saturated heterocycles. The maximum absolute atomic E-state index is 5.45. The Bertz CT molecular complexity index is 86.7. The molecule has 1 atom stereocenters. The van der Waals surface area contributed by atoms with Gasteiger partial charge in [-0.25, -0.2) is 0 Å². The van der Waals surface area contributed by atoms with Crippen molar-refractivity contribution in [2.24, 2.45) is 5.92 Å². The molecule has 0 aromatic carbocycles. The van der Waals surface area contributed by atoms with Crippen molar-refractivity contribution in [3.8, 4) is 0 Å². The lowest BCUT2D eigenvalue weighted by molar-refractivity contribution is 0.0153. The van der Waals surface area contributed by atoms with Gasteiger partial charge >= 0.3 is 0 Å². The predicted octanol–water partition coefficient (Wildman–Crippen LogP) is 2.85. The summed E-state index contributed by atoms with van der Waals surface area (Å²) in [5.74, 6) is 0.738. The summed E-state index contributed by atoms with van der Waals surface area (Å²) in [6.07, 6.45) is 1.23. The second kappa shape index (κ2) is 3.97. The average Bonchev–Trinajstić information content (AvgIpc) is 2.17. The molecule has 0 unspecified atom stereocenters. The summed E-state index contributed by atoms with van der Waals surface area (Å²) in [5.41, 5.74) is 0.153. The molecule has 0 bridgehead atoms. The fraction of sp³-hybridized carbons (Fsp3) is 1.00. The van der Waals surface area contributed by atoms with E-state index < -0.39 is 0 Å². The third-order valence-corrected chi connectivity index (χ3v) is 2.21. The van der Waals surface area contributed by atoms with Gasteiger partial charge in [-0.15, -0.1) is 0 Å². The minimum atomic E-state index is 0.153. The molecule has 1 nitrogen and oxygen atoms in total. The van der Waals surface area contributed by atoms with Crippen LogP contribution in [-0.2, 0) is 4.74 Å². The summed E-state index contributed by atoms with van der Waals surface area (Å²) < 4.78 is 5.45. The first-order chi connectivity index (χ1) is 4.63. The van der Waals surface area contributed by atoms with Crippen molar-refractivity contribution in [1.82, 2.24) is 0 Å². The summed E-state index contributed by atoms with van der Waals surface area (Å²) in [6, 6.07) is 0. The maximum atomic E-state index is 5.45. The zero-order chi connectivity index (χ0) is 8.20. The summed E-state index contributed by atoms with van der Waals surface area (Å²) in [4.78, 5) is 0. The maximum Gasteiger partial charge on any atom is 0.0652 e. The Morgan fingerprint density at radius 3 is 1.90 bits per heavy atom. The Morgan fingerprint density at radius 2 is 1.80 bits per heavy atom. The van der Waals surface area contributed by atoms with Crippen LogP contribution in [0.4, 0.5) is 0 Å². The Morgan fingerprint density at radius 1 is 1.30 bits per heavy atom. The summed E-state index contributed by atoms with van der Waals surface area (Å²) in [6.45, 7) is 11.5. The standard InChI is InChI=1S/C7H14O.C2H6/c1-6-4-5-8-7(6,2)3;1-2/h6H,4-5H2,1-3H3;1-2H3/t6-;/m1./s1. The lowest BCUT2D eigenvalue weighted by atomic mass is 9.93. The van der Waals surface area contributed by atoms with Gasteiger partial charge in [-0.2, -0.15) is 0 Å². The van der Waals surface area contributed by atoms with Gasteiger partial charge in [0.25, 0.3) is 0 Å². The van der Waals surface area contributed by atoms with Gasteiger partial charge in [0.2, 0.25) is 0 Å². The van der Waals surface area contributed by atoms with Crippen molar-refractivity contribution in [1.29, 1.82) is 0 Å². The van der Waals surface area contributed by atoms with Crippen molar-refractivity contribution in [2.75, 3.05) is 6.61 Å². The quantitative estimate of drug-likeness (QED) is 0.508. The van der Waals surface area contributed by atoms with E-state index in [2.05, 4.69) is 20.8 Å². The molecule has 0 saturated carbocycles. The van der Waals surface area contributed by atoms with Crippen molar-refractivity contribution in [2.45, 2.75) is 46.6 Å². The van der Waals surface area contributed by atoms with Crippen molar-refractivity contribution < 1.29 is 4.74 Å². The van der Waals surface area contributed by atoms with E-state index in [1.54, 1.807) is 0 Å². The highest BCUT2D eigenvalue weighted by Crippen LogP contribution is 2.30.